The largest absolute Gasteiger partial charge is 0.350 e. The summed E-state index contributed by atoms with van der Waals surface area (Å²) in [6.07, 6.45) is 4.16. The van der Waals surface area contributed by atoms with Crippen molar-refractivity contribution in [2.24, 2.45) is 0 Å². The highest BCUT2D eigenvalue weighted by molar-refractivity contribution is 6.30. The molecule has 0 unspecified atom stereocenters. The minimum atomic E-state index is -0.359. The molecule has 0 bridgehead atoms. The molecule has 33 heavy (non-hydrogen) atoms. The molecule has 166 valence electrons. The standard InChI is InChI=1S/C26H23ClN4O2/c1-2-31-26(33)25(29-21-12-6-11-20(27)16-21)23(24(30-31)19-9-4-3-5-10-19)22(32)14-13-18-8-7-15-28-17-18/h3-12,15-17,29H,2,13-14H2,1H3. The molecule has 0 radical (unpaired) electrons. The first-order chi connectivity index (χ1) is 16.1. The lowest BCUT2D eigenvalue weighted by Gasteiger charge is -2.17. The lowest BCUT2D eigenvalue weighted by molar-refractivity contribution is 0.0983. The molecule has 7 heteroatoms. The molecule has 0 aliphatic heterocycles. The van der Waals surface area contributed by atoms with Crippen LogP contribution in [-0.2, 0) is 13.0 Å². The predicted molar refractivity (Wildman–Crippen MR) is 131 cm³/mol. The van der Waals surface area contributed by atoms with Crippen LogP contribution in [0.1, 0.15) is 29.3 Å². The summed E-state index contributed by atoms with van der Waals surface area (Å²) < 4.78 is 1.37. The van der Waals surface area contributed by atoms with Gasteiger partial charge in [0, 0.05) is 41.6 Å². The van der Waals surface area contributed by atoms with Gasteiger partial charge in [-0.3, -0.25) is 14.6 Å². The quantitative estimate of drug-likeness (QED) is 0.351. The summed E-state index contributed by atoms with van der Waals surface area (Å²) in [6, 6.07) is 20.2. The Bertz CT molecular complexity index is 1320. The third kappa shape index (κ3) is 5.18. The minimum absolute atomic E-state index is 0.171. The van der Waals surface area contributed by atoms with Crippen molar-refractivity contribution in [3.8, 4) is 11.3 Å². The first-order valence-corrected chi connectivity index (χ1v) is 11.1. The van der Waals surface area contributed by atoms with E-state index in [2.05, 4.69) is 15.4 Å². The van der Waals surface area contributed by atoms with Crippen molar-refractivity contribution in [1.82, 2.24) is 14.8 Å². The maximum Gasteiger partial charge on any atom is 0.291 e. The summed E-state index contributed by atoms with van der Waals surface area (Å²) in [5.41, 5.74) is 2.92. The number of carbonyl (C=O) groups is 1. The van der Waals surface area contributed by atoms with E-state index in [-0.39, 0.29) is 29.0 Å². The highest BCUT2D eigenvalue weighted by atomic mass is 35.5. The molecule has 0 aliphatic rings. The van der Waals surface area contributed by atoms with Gasteiger partial charge in [-0.05, 0) is 43.2 Å². The molecule has 0 saturated heterocycles. The molecule has 0 fully saturated rings. The average Bonchev–Trinajstić information content (AvgIpc) is 2.85. The van der Waals surface area contributed by atoms with Crippen LogP contribution in [0.15, 0.2) is 83.9 Å². The normalized spacial score (nSPS) is 10.7. The van der Waals surface area contributed by atoms with Gasteiger partial charge in [-0.15, -0.1) is 0 Å². The SMILES string of the molecule is CCn1nc(-c2ccccc2)c(C(=O)CCc2cccnc2)c(Nc2cccc(Cl)c2)c1=O. The Hall–Kier alpha value is -3.77. The van der Waals surface area contributed by atoms with Crippen LogP contribution in [0.5, 0.6) is 0 Å². The van der Waals surface area contributed by atoms with Crippen LogP contribution in [0.4, 0.5) is 11.4 Å². The number of Topliss-reactive ketones (excluding diaryl/α,β-unsaturated/α-hetero) is 1. The van der Waals surface area contributed by atoms with Crippen LogP contribution in [0.25, 0.3) is 11.3 Å². The van der Waals surface area contributed by atoms with E-state index in [4.69, 9.17) is 11.6 Å². The number of benzene rings is 2. The van der Waals surface area contributed by atoms with Gasteiger partial charge in [0.1, 0.15) is 11.4 Å². The molecule has 4 rings (SSSR count). The van der Waals surface area contributed by atoms with E-state index >= 15 is 0 Å². The Morgan fingerprint density at radius 1 is 1.06 bits per heavy atom. The van der Waals surface area contributed by atoms with E-state index in [1.54, 1.807) is 36.7 Å². The Morgan fingerprint density at radius 2 is 1.88 bits per heavy atom. The summed E-state index contributed by atoms with van der Waals surface area (Å²) in [5.74, 6) is -0.171. The second-order valence-electron chi connectivity index (χ2n) is 7.51. The molecule has 0 spiro atoms. The number of hydrogen-bond acceptors (Lipinski definition) is 5. The average molecular weight is 459 g/mol. The number of hydrogen-bond donors (Lipinski definition) is 1. The summed E-state index contributed by atoms with van der Waals surface area (Å²) in [7, 11) is 0. The van der Waals surface area contributed by atoms with Gasteiger partial charge in [-0.25, -0.2) is 4.68 Å². The molecule has 1 N–H and O–H groups in total. The van der Waals surface area contributed by atoms with Gasteiger partial charge in [0.2, 0.25) is 0 Å². The number of anilines is 2. The van der Waals surface area contributed by atoms with E-state index in [0.717, 1.165) is 11.1 Å². The first kappa shape index (κ1) is 22.4. The van der Waals surface area contributed by atoms with Gasteiger partial charge < -0.3 is 5.32 Å². The van der Waals surface area contributed by atoms with Crippen molar-refractivity contribution in [3.63, 3.8) is 0 Å². The van der Waals surface area contributed by atoms with Gasteiger partial charge in [-0.2, -0.15) is 5.10 Å². The second-order valence-corrected chi connectivity index (χ2v) is 7.94. The van der Waals surface area contributed by atoms with Crippen LogP contribution in [0, 0.1) is 0 Å². The summed E-state index contributed by atoms with van der Waals surface area (Å²) in [5, 5.41) is 8.24. The van der Waals surface area contributed by atoms with Crippen LogP contribution in [0.2, 0.25) is 5.02 Å². The van der Waals surface area contributed by atoms with E-state index in [0.29, 0.717) is 29.4 Å². The smallest absolute Gasteiger partial charge is 0.291 e. The molecule has 2 aromatic carbocycles. The van der Waals surface area contributed by atoms with Crippen LogP contribution < -0.4 is 10.9 Å². The third-order valence-corrected chi connectivity index (χ3v) is 5.47. The topological polar surface area (TPSA) is 76.9 Å². The number of aromatic nitrogens is 3. The molecule has 4 aromatic rings. The van der Waals surface area contributed by atoms with Crippen molar-refractivity contribution in [2.75, 3.05) is 5.32 Å². The zero-order chi connectivity index (χ0) is 23.2. The van der Waals surface area contributed by atoms with Gasteiger partial charge in [0.05, 0.1) is 5.56 Å². The monoisotopic (exact) mass is 458 g/mol. The maximum atomic E-state index is 13.6. The zero-order valence-corrected chi connectivity index (χ0v) is 18.9. The molecule has 2 aromatic heterocycles. The van der Waals surface area contributed by atoms with Crippen molar-refractivity contribution in [1.29, 1.82) is 0 Å². The molecule has 2 heterocycles. The van der Waals surface area contributed by atoms with Gasteiger partial charge in [0.25, 0.3) is 5.56 Å². The molecule has 6 nitrogen and oxygen atoms in total. The fraction of sp³-hybridized carbons (Fsp3) is 0.154. The van der Waals surface area contributed by atoms with Crippen molar-refractivity contribution < 1.29 is 4.79 Å². The Kier molecular flexibility index (Phi) is 6.95. The number of nitrogens with zero attached hydrogens (tertiary/aromatic N) is 3. The third-order valence-electron chi connectivity index (χ3n) is 5.24. The predicted octanol–water partition coefficient (Wildman–Crippen LogP) is 5.54. The summed E-state index contributed by atoms with van der Waals surface area (Å²) >= 11 is 6.15. The van der Waals surface area contributed by atoms with Crippen LogP contribution in [0.3, 0.4) is 0 Å². The maximum absolute atomic E-state index is 13.6. The van der Waals surface area contributed by atoms with Crippen molar-refractivity contribution in [3.05, 3.63) is 106 Å². The lowest BCUT2D eigenvalue weighted by Crippen LogP contribution is -2.28. The highest BCUT2D eigenvalue weighted by Crippen LogP contribution is 2.29. The van der Waals surface area contributed by atoms with Gasteiger partial charge in [0.15, 0.2) is 5.78 Å². The molecule has 0 atom stereocenters. The van der Waals surface area contributed by atoms with E-state index in [9.17, 15) is 9.59 Å². The van der Waals surface area contributed by atoms with Crippen LogP contribution in [-0.4, -0.2) is 20.5 Å². The molecule has 0 amide bonds. The number of carbonyl (C=O) groups excluding carboxylic acids is 1. The minimum Gasteiger partial charge on any atom is -0.350 e. The van der Waals surface area contributed by atoms with Gasteiger partial charge >= 0.3 is 0 Å². The van der Waals surface area contributed by atoms with E-state index in [1.165, 1.54) is 4.68 Å². The van der Waals surface area contributed by atoms with Gasteiger partial charge in [-0.1, -0.05) is 54.1 Å². The zero-order valence-electron chi connectivity index (χ0n) is 18.2. The summed E-state index contributed by atoms with van der Waals surface area (Å²) in [4.78, 5) is 31.0. The number of halogens is 1. The van der Waals surface area contributed by atoms with E-state index in [1.807, 2.05) is 49.4 Å². The Balaban J connectivity index is 1.85. The molecule has 0 saturated carbocycles. The van der Waals surface area contributed by atoms with Crippen molar-refractivity contribution >= 4 is 28.8 Å². The Labute approximate surface area is 196 Å². The number of ketones is 1. The number of aryl methyl sites for hydroxylation is 2. The fourth-order valence-electron chi connectivity index (χ4n) is 3.61. The number of rotatable bonds is 8. The first-order valence-electron chi connectivity index (χ1n) is 10.7. The Morgan fingerprint density at radius 3 is 2.58 bits per heavy atom. The van der Waals surface area contributed by atoms with Crippen LogP contribution >= 0.6 is 11.6 Å². The fourth-order valence-corrected chi connectivity index (χ4v) is 3.80. The number of nitrogens with one attached hydrogen (secondary N) is 1. The highest BCUT2D eigenvalue weighted by Gasteiger charge is 2.24. The number of pyridine rings is 1. The second kappa shape index (κ2) is 10.2. The molecular weight excluding hydrogens is 436 g/mol. The lowest BCUT2D eigenvalue weighted by atomic mass is 9.97. The summed E-state index contributed by atoms with van der Waals surface area (Å²) in [6.45, 7) is 2.21. The molecule has 0 aliphatic carbocycles. The van der Waals surface area contributed by atoms with Crippen molar-refractivity contribution in [2.45, 2.75) is 26.3 Å². The molecular formula is C26H23ClN4O2. The van der Waals surface area contributed by atoms with E-state index < -0.39 is 0 Å².